The normalized spacial score (nSPS) is 34.2. The second kappa shape index (κ2) is 4.83. The van der Waals surface area contributed by atoms with Gasteiger partial charge in [0.15, 0.2) is 0 Å². The second-order valence-electron chi connectivity index (χ2n) is 2.51. The van der Waals surface area contributed by atoms with Gasteiger partial charge < -0.3 is 0 Å². The van der Waals surface area contributed by atoms with Crippen LogP contribution in [0.1, 0.15) is 13.3 Å². The molecule has 1 fully saturated rings. The quantitative estimate of drug-likeness (QED) is 0.671. The fourth-order valence-corrected chi connectivity index (χ4v) is 4.60. The Morgan fingerprint density at radius 2 is 2.10 bits per heavy atom. The monoisotopic (exact) mass is 194 g/mol. The van der Waals surface area contributed by atoms with Crippen molar-refractivity contribution in [2.75, 3.05) is 17.3 Å². The third-order valence-corrected chi connectivity index (χ3v) is 5.64. The van der Waals surface area contributed by atoms with Gasteiger partial charge in [-0.2, -0.15) is 36.2 Å². The van der Waals surface area contributed by atoms with Crippen molar-refractivity contribution < 1.29 is 0 Å². The van der Waals surface area contributed by atoms with Crippen molar-refractivity contribution in [1.29, 1.82) is 0 Å². The third-order valence-electron chi connectivity index (χ3n) is 1.65. The smallest absolute Gasteiger partial charge is 0.0229 e. The van der Waals surface area contributed by atoms with Gasteiger partial charge in [-0.1, -0.05) is 6.92 Å². The zero-order valence-electron chi connectivity index (χ0n) is 6.25. The van der Waals surface area contributed by atoms with Gasteiger partial charge in [0.05, 0.1) is 0 Å². The topological polar surface area (TPSA) is 0 Å². The summed E-state index contributed by atoms with van der Waals surface area (Å²) in [6, 6.07) is 0. The number of thiol groups is 1. The van der Waals surface area contributed by atoms with Gasteiger partial charge in [0, 0.05) is 27.8 Å². The van der Waals surface area contributed by atoms with Crippen LogP contribution in [0.15, 0.2) is 0 Å². The van der Waals surface area contributed by atoms with Crippen molar-refractivity contribution in [3.8, 4) is 0 Å². The summed E-state index contributed by atoms with van der Waals surface area (Å²) < 4.78 is 0. The van der Waals surface area contributed by atoms with Gasteiger partial charge in [0.1, 0.15) is 0 Å². The predicted octanol–water partition coefficient (Wildman–Crippen LogP) is 2.54. The van der Waals surface area contributed by atoms with Gasteiger partial charge in [0.25, 0.3) is 0 Å². The van der Waals surface area contributed by atoms with E-state index in [2.05, 4.69) is 43.1 Å². The van der Waals surface area contributed by atoms with Crippen LogP contribution in [0.4, 0.5) is 0 Å². The molecule has 0 bridgehead atoms. The zero-order chi connectivity index (χ0) is 7.40. The van der Waals surface area contributed by atoms with Crippen LogP contribution in [0.25, 0.3) is 0 Å². The van der Waals surface area contributed by atoms with Crippen molar-refractivity contribution in [2.45, 2.75) is 23.8 Å². The third kappa shape index (κ3) is 2.59. The van der Waals surface area contributed by atoms with Crippen LogP contribution >= 0.6 is 36.2 Å². The number of thioether (sulfide) groups is 2. The lowest BCUT2D eigenvalue weighted by Gasteiger charge is -2.26. The van der Waals surface area contributed by atoms with E-state index in [0.717, 1.165) is 16.3 Å². The summed E-state index contributed by atoms with van der Waals surface area (Å²) in [4.78, 5) is 0. The number of rotatable bonds is 2. The molecule has 0 aromatic rings. The SMILES string of the molecule is CCC1CSCC(CS)S1. The van der Waals surface area contributed by atoms with Gasteiger partial charge in [0.2, 0.25) is 0 Å². The Bertz CT molecular complexity index is 84.9. The van der Waals surface area contributed by atoms with Gasteiger partial charge in [-0.3, -0.25) is 0 Å². The van der Waals surface area contributed by atoms with Crippen LogP contribution < -0.4 is 0 Å². The molecule has 60 valence electrons. The van der Waals surface area contributed by atoms with Crippen LogP contribution in [0, 0.1) is 0 Å². The van der Waals surface area contributed by atoms with E-state index in [9.17, 15) is 0 Å². The molecule has 0 nitrogen and oxygen atoms in total. The first-order valence-electron chi connectivity index (χ1n) is 3.71. The molecule has 10 heavy (non-hydrogen) atoms. The minimum Gasteiger partial charge on any atom is -0.178 e. The summed E-state index contributed by atoms with van der Waals surface area (Å²) >= 11 is 8.53. The van der Waals surface area contributed by atoms with E-state index in [4.69, 9.17) is 0 Å². The van der Waals surface area contributed by atoms with Crippen molar-refractivity contribution in [1.82, 2.24) is 0 Å². The Balaban J connectivity index is 2.25. The maximum atomic E-state index is 4.31. The van der Waals surface area contributed by atoms with Crippen LogP contribution in [0.2, 0.25) is 0 Å². The lowest BCUT2D eigenvalue weighted by atomic mass is 10.4. The highest BCUT2D eigenvalue weighted by atomic mass is 32.2. The number of hydrogen-bond donors (Lipinski definition) is 1. The summed E-state index contributed by atoms with van der Waals surface area (Å²) in [5.41, 5.74) is 0. The molecular formula is C7H14S3. The molecule has 0 N–H and O–H groups in total. The minimum absolute atomic E-state index is 0.812. The summed E-state index contributed by atoms with van der Waals surface area (Å²) in [6.45, 7) is 2.28. The van der Waals surface area contributed by atoms with Crippen molar-refractivity contribution >= 4 is 36.2 Å². The summed E-state index contributed by atoms with van der Waals surface area (Å²) in [7, 11) is 0. The highest BCUT2D eigenvalue weighted by Crippen LogP contribution is 2.32. The van der Waals surface area contributed by atoms with Crippen LogP contribution in [0.5, 0.6) is 0 Å². The van der Waals surface area contributed by atoms with E-state index in [-0.39, 0.29) is 0 Å². The van der Waals surface area contributed by atoms with Gasteiger partial charge in [-0.25, -0.2) is 0 Å². The fraction of sp³-hybridized carbons (Fsp3) is 1.00. The number of hydrogen-bond acceptors (Lipinski definition) is 3. The van der Waals surface area contributed by atoms with Crippen LogP contribution in [-0.4, -0.2) is 27.8 Å². The Kier molecular flexibility index (Phi) is 4.42. The van der Waals surface area contributed by atoms with E-state index in [1.165, 1.54) is 17.9 Å². The Hall–Kier alpha value is 1.05. The first-order valence-corrected chi connectivity index (χ1v) is 6.44. The Labute approximate surface area is 77.3 Å². The Morgan fingerprint density at radius 1 is 1.40 bits per heavy atom. The maximum absolute atomic E-state index is 4.31. The molecule has 1 heterocycles. The molecule has 2 atom stereocenters. The Morgan fingerprint density at radius 3 is 2.70 bits per heavy atom. The second-order valence-corrected chi connectivity index (χ2v) is 5.55. The molecule has 1 saturated heterocycles. The summed E-state index contributed by atoms with van der Waals surface area (Å²) in [5.74, 6) is 3.71. The standard InChI is InChI=1S/C7H14S3/c1-2-6-4-9-5-7(3-8)10-6/h6-8H,2-5H2,1H3. The van der Waals surface area contributed by atoms with E-state index >= 15 is 0 Å². The molecule has 0 aliphatic carbocycles. The molecule has 0 amide bonds. The molecule has 2 unspecified atom stereocenters. The molecule has 0 saturated carbocycles. The largest absolute Gasteiger partial charge is 0.178 e. The molecular weight excluding hydrogens is 180 g/mol. The van der Waals surface area contributed by atoms with E-state index in [1.807, 2.05) is 0 Å². The highest BCUT2D eigenvalue weighted by Gasteiger charge is 2.19. The average Bonchev–Trinajstić information content (AvgIpc) is 2.05. The van der Waals surface area contributed by atoms with Crippen molar-refractivity contribution in [3.05, 3.63) is 0 Å². The van der Waals surface area contributed by atoms with E-state index in [1.54, 1.807) is 0 Å². The average molecular weight is 194 g/mol. The molecule has 1 aliphatic heterocycles. The fourth-order valence-electron chi connectivity index (χ4n) is 0.991. The zero-order valence-corrected chi connectivity index (χ0v) is 8.77. The lowest BCUT2D eigenvalue weighted by molar-refractivity contribution is 0.897. The first kappa shape index (κ1) is 9.14. The van der Waals surface area contributed by atoms with Crippen LogP contribution in [0.3, 0.4) is 0 Å². The van der Waals surface area contributed by atoms with E-state index < -0.39 is 0 Å². The first-order chi connectivity index (χ1) is 4.86. The molecule has 1 rings (SSSR count). The molecule has 0 aromatic heterocycles. The predicted molar refractivity (Wildman–Crippen MR) is 56.6 cm³/mol. The van der Waals surface area contributed by atoms with E-state index in [0.29, 0.717) is 0 Å². The summed E-state index contributed by atoms with van der Waals surface area (Å²) in [6.07, 6.45) is 1.32. The van der Waals surface area contributed by atoms with Crippen molar-refractivity contribution in [2.24, 2.45) is 0 Å². The molecule has 3 heteroatoms. The van der Waals surface area contributed by atoms with Crippen molar-refractivity contribution in [3.63, 3.8) is 0 Å². The van der Waals surface area contributed by atoms with Gasteiger partial charge in [-0.15, -0.1) is 0 Å². The molecule has 0 spiro atoms. The minimum atomic E-state index is 0.812. The maximum Gasteiger partial charge on any atom is 0.0229 e. The molecule has 1 aliphatic rings. The molecule has 0 aromatic carbocycles. The van der Waals surface area contributed by atoms with Gasteiger partial charge in [-0.05, 0) is 6.42 Å². The van der Waals surface area contributed by atoms with Crippen LogP contribution in [-0.2, 0) is 0 Å². The van der Waals surface area contributed by atoms with Gasteiger partial charge >= 0.3 is 0 Å². The lowest BCUT2D eigenvalue weighted by Crippen LogP contribution is -2.22. The summed E-state index contributed by atoms with van der Waals surface area (Å²) in [5, 5.41) is 1.71. The highest BCUT2D eigenvalue weighted by molar-refractivity contribution is 8.07. The molecule has 0 radical (unpaired) electrons.